The highest BCUT2D eigenvalue weighted by molar-refractivity contribution is 6.03. The molecule has 0 aliphatic carbocycles. The van der Waals surface area contributed by atoms with Crippen LogP contribution in [0.2, 0.25) is 0 Å². The van der Waals surface area contributed by atoms with Gasteiger partial charge < -0.3 is 40.1 Å². The highest BCUT2D eigenvalue weighted by Crippen LogP contribution is 2.46. The Bertz CT molecular complexity index is 1600. The van der Waals surface area contributed by atoms with E-state index in [9.17, 15) is 40.2 Å². The quantitative estimate of drug-likeness (QED) is 0.207. The largest absolute Gasteiger partial charge is 0.508 e. The number of benzene rings is 4. The fraction of sp³-hybridized carbons (Fsp3) is 0.133. The smallest absolute Gasteiger partial charge is 0.174 e. The third-order valence-corrected chi connectivity index (χ3v) is 7.04. The Kier molecular flexibility index (Phi) is 5.69. The predicted molar refractivity (Wildman–Crippen MR) is 139 cm³/mol. The molecule has 0 saturated heterocycles. The number of hydrogen-bond donors (Lipinski definition) is 6. The molecule has 2 aliphatic heterocycles. The van der Waals surface area contributed by atoms with Crippen LogP contribution in [-0.4, -0.2) is 42.2 Å². The Morgan fingerprint density at radius 3 is 1.32 bits per heavy atom. The highest BCUT2D eigenvalue weighted by Gasteiger charge is 2.33. The van der Waals surface area contributed by atoms with Gasteiger partial charge in [-0.25, -0.2) is 0 Å². The standard InChI is InChI=1S/C30H22O10/c31-15-7-21(35)29-23(37)11-25(39-27(29)9-15)13-1-3-19(33)17(5-13)18-6-14(2-4-20(18)34)26-12-24(38)30-22(36)8-16(32)10-28(30)40-26/h1-10,25-26,31-36H,11-12H2/t25-,26+. The van der Waals surface area contributed by atoms with Crippen LogP contribution < -0.4 is 9.47 Å². The van der Waals surface area contributed by atoms with Gasteiger partial charge in [0, 0.05) is 35.4 Å². The molecule has 0 bridgehead atoms. The molecule has 6 rings (SSSR count). The number of hydrogen-bond acceptors (Lipinski definition) is 10. The third kappa shape index (κ3) is 4.15. The lowest BCUT2D eigenvalue weighted by atomic mass is 9.91. The summed E-state index contributed by atoms with van der Waals surface area (Å²) in [7, 11) is 0. The number of fused-ring (bicyclic) bond motifs is 2. The van der Waals surface area contributed by atoms with E-state index in [4.69, 9.17) is 9.47 Å². The van der Waals surface area contributed by atoms with Gasteiger partial charge in [0.05, 0.1) is 12.8 Å². The molecule has 10 nitrogen and oxygen atoms in total. The number of phenols is 6. The molecule has 6 N–H and O–H groups in total. The highest BCUT2D eigenvalue weighted by atomic mass is 16.5. The van der Waals surface area contributed by atoms with Gasteiger partial charge >= 0.3 is 0 Å². The van der Waals surface area contributed by atoms with Crippen molar-refractivity contribution in [2.45, 2.75) is 25.0 Å². The van der Waals surface area contributed by atoms with E-state index in [2.05, 4.69) is 0 Å². The van der Waals surface area contributed by atoms with Gasteiger partial charge in [-0.05, 0) is 35.4 Å². The molecule has 0 radical (unpaired) electrons. The van der Waals surface area contributed by atoms with E-state index in [0.29, 0.717) is 11.1 Å². The summed E-state index contributed by atoms with van der Waals surface area (Å²) in [6, 6.07) is 13.6. The minimum absolute atomic E-state index is 0.0229. The third-order valence-electron chi connectivity index (χ3n) is 7.04. The average molecular weight is 542 g/mol. The van der Waals surface area contributed by atoms with Gasteiger partial charge in [0.15, 0.2) is 11.6 Å². The first-order valence-corrected chi connectivity index (χ1v) is 12.3. The molecule has 2 aliphatic rings. The summed E-state index contributed by atoms with van der Waals surface area (Å²) >= 11 is 0. The first-order valence-electron chi connectivity index (χ1n) is 12.3. The Balaban J connectivity index is 1.35. The van der Waals surface area contributed by atoms with Crippen molar-refractivity contribution in [3.05, 3.63) is 82.9 Å². The molecule has 0 aromatic heterocycles. The van der Waals surface area contributed by atoms with Crippen LogP contribution in [0.25, 0.3) is 11.1 Å². The van der Waals surface area contributed by atoms with E-state index in [-0.39, 0.29) is 92.7 Å². The summed E-state index contributed by atoms with van der Waals surface area (Å²) < 4.78 is 11.8. The lowest BCUT2D eigenvalue weighted by Gasteiger charge is -2.27. The van der Waals surface area contributed by atoms with Crippen molar-refractivity contribution < 1.29 is 49.7 Å². The van der Waals surface area contributed by atoms with Gasteiger partial charge in [-0.1, -0.05) is 12.1 Å². The maximum absolute atomic E-state index is 12.8. The molecule has 4 aromatic carbocycles. The Labute approximate surface area is 226 Å². The number of ketones is 2. The zero-order chi connectivity index (χ0) is 28.3. The molecule has 4 aromatic rings. The second-order valence-electron chi connectivity index (χ2n) is 9.70. The summed E-state index contributed by atoms with van der Waals surface area (Å²) in [5.74, 6) is -2.39. The summed E-state index contributed by atoms with van der Waals surface area (Å²) in [5, 5.41) is 61.2. The van der Waals surface area contributed by atoms with Gasteiger partial charge in [-0.3, -0.25) is 9.59 Å². The Morgan fingerprint density at radius 2 is 0.925 bits per heavy atom. The molecule has 202 valence electrons. The van der Waals surface area contributed by atoms with Crippen molar-refractivity contribution in [3.63, 3.8) is 0 Å². The van der Waals surface area contributed by atoms with E-state index in [1.807, 2.05) is 0 Å². The second-order valence-corrected chi connectivity index (χ2v) is 9.70. The molecule has 0 spiro atoms. The van der Waals surface area contributed by atoms with E-state index >= 15 is 0 Å². The van der Waals surface area contributed by atoms with Crippen LogP contribution in [0.1, 0.15) is 56.9 Å². The molecular weight excluding hydrogens is 520 g/mol. The van der Waals surface area contributed by atoms with Crippen molar-refractivity contribution in [3.8, 4) is 57.1 Å². The number of rotatable bonds is 3. The van der Waals surface area contributed by atoms with Gasteiger partial charge in [-0.15, -0.1) is 0 Å². The summed E-state index contributed by atoms with van der Waals surface area (Å²) in [6.45, 7) is 0. The molecular formula is C30H22O10. The minimum Gasteiger partial charge on any atom is -0.508 e. The topological polar surface area (TPSA) is 174 Å². The zero-order valence-electron chi connectivity index (χ0n) is 20.7. The zero-order valence-corrected chi connectivity index (χ0v) is 20.7. The maximum atomic E-state index is 12.8. The van der Waals surface area contributed by atoms with Gasteiger partial charge in [0.25, 0.3) is 0 Å². The lowest BCUT2D eigenvalue weighted by molar-refractivity contribution is 0.0834. The van der Waals surface area contributed by atoms with Crippen molar-refractivity contribution in [2.24, 2.45) is 0 Å². The van der Waals surface area contributed by atoms with Gasteiger partial charge in [-0.2, -0.15) is 0 Å². The SMILES string of the molecule is O=C1C[C@@H](c2ccc(O)c(-c3cc([C@H]4CC(=O)c5c(O)cc(O)cc5O4)ccc3O)c2)Oc2cc(O)cc(O)c21. The fourth-order valence-corrected chi connectivity index (χ4v) is 5.16. The number of aromatic hydroxyl groups is 6. The monoisotopic (exact) mass is 542 g/mol. The fourth-order valence-electron chi connectivity index (χ4n) is 5.16. The number of carbonyl (C=O) groups excluding carboxylic acids is 2. The van der Waals surface area contributed by atoms with E-state index in [1.54, 1.807) is 24.3 Å². The van der Waals surface area contributed by atoms with Gasteiger partial charge in [0.2, 0.25) is 0 Å². The molecule has 0 unspecified atom stereocenters. The maximum Gasteiger partial charge on any atom is 0.174 e. The van der Waals surface area contributed by atoms with Crippen LogP contribution in [0.3, 0.4) is 0 Å². The lowest BCUT2D eigenvalue weighted by Crippen LogP contribution is -2.20. The van der Waals surface area contributed by atoms with Crippen molar-refractivity contribution >= 4 is 11.6 Å². The van der Waals surface area contributed by atoms with Crippen molar-refractivity contribution in [1.82, 2.24) is 0 Å². The first kappa shape index (κ1) is 24.9. The molecule has 10 heteroatoms. The average Bonchev–Trinajstić information content (AvgIpc) is 2.88. The normalized spacial score (nSPS) is 17.9. The van der Waals surface area contributed by atoms with Crippen LogP contribution in [0.5, 0.6) is 46.0 Å². The number of phenolic OH excluding ortho intramolecular Hbond substituents is 6. The molecule has 40 heavy (non-hydrogen) atoms. The summed E-state index contributed by atoms with van der Waals surface area (Å²) in [4.78, 5) is 25.5. The van der Waals surface area contributed by atoms with Gasteiger partial charge in [0.1, 0.15) is 69.3 Å². The van der Waals surface area contributed by atoms with Crippen LogP contribution >= 0.6 is 0 Å². The van der Waals surface area contributed by atoms with Crippen LogP contribution in [0, 0.1) is 0 Å². The number of ether oxygens (including phenoxy) is 2. The minimum atomic E-state index is -0.804. The number of Topliss-reactive ketones (excluding diaryl/α,β-unsaturated/α-hetero) is 2. The molecule has 0 amide bonds. The van der Waals surface area contributed by atoms with Crippen molar-refractivity contribution in [2.75, 3.05) is 0 Å². The van der Waals surface area contributed by atoms with Crippen LogP contribution in [-0.2, 0) is 0 Å². The van der Waals surface area contributed by atoms with E-state index in [1.165, 1.54) is 24.3 Å². The molecule has 2 atom stereocenters. The summed E-state index contributed by atoms with van der Waals surface area (Å²) in [5.41, 5.74) is 1.37. The Hall–Kier alpha value is -5.38. The molecule has 2 heterocycles. The second kappa shape index (κ2) is 9.12. The molecule has 0 saturated carbocycles. The summed E-state index contributed by atoms with van der Waals surface area (Å²) in [6.07, 6.45) is -1.83. The molecule has 0 fully saturated rings. The van der Waals surface area contributed by atoms with E-state index in [0.717, 1.165) is 12.1 Å². The Morgan fingerprint density at radius 1 is 0.525 bits per heavy atom. The van der Waals surface area contributed by atoms with Crippen molar-refractivity contribution in [1.29, 1.82) is 0 Å². The predicted octanol–water partition coefficient (Wildman–Crippen LogP) is 5.00. The number of carbonyl (C=O) groups is 2. The van der Waals surface area contributed by atoms with Crippen LogP contribution in [0.15, 0.2) is 60.7 Å². The van der Waals surface area contributed by atoms with Crippen LogP contribution in [0.4, 0.5) is 0 Å². The first-order chi connectivity index (χ1) is 19.1. The van der Waals surface area contributed by atoms with E-state index < -0.39 is 12.2 Å².